The number of thiophene rings is 1. The van der Waals surface area contributed by atoms with E-state index in [2.05, 4.69) is 27.4 Å². The molecule has 3 aromatic heterocycles. The van der Waals surface area contributed by atoms with Gasteiger partial charge in [-0.05, 0) is 41.1 Å². The first kappa shape index (κ1) is 17.2. The quantitative estimate of drug-likeness (QED) is 0.490. The Morgan fingerprint density at radius 3 is 3.00 bits per heavy atom. The lowest BCUT2D eigenvalue weighted by molar-refractivity contribution is -0.883. The first-order chi connectivity index (χ1) is 12.2. The van der Waals surface area contributed by atoms with E-state index in [1.165, 1.54) is 4.73 Å². The fourth-order valence-electron chi connectivity index (χ4n) is 3.64. The van der Waals surface area contributed by atoms with E-state index >= 15 is 0 Å². The third-order valence-electron chi connectivity index (χ3n) is 5.00. The van der Waals surface area contributed by atoms with Crippen LogP contribution in [0.2, 0.25) is 0 Å². The molecule has 0 unspecified atom stereocenters. The van der Waals surface area contributed by atoms with Crippen LogP contribution in [-0.4, -0.2) is 28.0 Å². The second-order valence-electron chi connectivity index (χ2n) is 6.77. The molecule has 0 bridgehead atoms. The maximum Gasteiger partial charge on any atom is 0.278 e. The van der Waals surface area contributed by atoms with Crippen molar-refractivity contribution in [3.63, 3.8) is 0 Å². The van der Waals surface area contributed by atoms with Crippen molar-refractivity contribution in [3.05, 3.63) is 21.9 Å². The van der Waals surface area contributed by atoms with E-state index in [4.69, 9.17) is 9.72 Å². The highest BCUT2D eigenvalue weighted by molar-refractivity contribution is 9.11. The van der Waals surface area contributed by atoms with E-state index in [0.29, 0.717) is 5.92 Å². The van der Waals surface area contributed by atoms with Gasteiger partial charge in [0.1, 0.15) is 10.5 Å². The second kappa shape index (κ2) is 7.21. The summed E-state index contributed by atoms with van der Waals surface area (Å²) in [6.07, 6.45) is 7.22. The Kier molecular flexibility index (Phi) is 4.97. The van der Waals surface area contributed by atoms with Gasteiger partial charge >= 0.3 is 0 Å². The largest absolute Gasteiger partial charge is 0.381 e. The lowest BCUT2D eigenvalue weighted by atomic mass is 10.00. The van der Waals surface area contributed by atoms with Crippen molar-refractivity contribution in [2.75, 3.05) is 13.2 Å². The third-order valence-corrected chi connectivity index (χ3v) is 6.63. The van der Waals surface area contributed by atoms with Crippen LogP contribution in [0.15, 0.2) is 16.0 Å². The molecule has 134 valence electrons. The van der Waals surface area contributed by atoms with Crippen LogP contribution < -0.4 is 4.73 Å². The van der Waals surface area contributed by atoms with Crippen LogP contribution in [0.5, 0.6) is 0 Å². The maximum atomic E-state index is 10.3. The predicted octanol–water partition coefficient (Wildman–Crippen LogP) is 4.31. The smallest absolute Gasteiger partial charge is 0.278 e. The molecule has 0 aromatic carbocycles. The normalized spacial score (nSPS) is 16.2. The summed E-state index contributed by atoms with van der Waals surface area (Å²) in [5, 5.41) is 10.3. The molecule has 1 saturated heterocycles. The van der Waals surface area contributed by atoms with Gasteiger partial charge in [0.2, 0.25) is 0 Å². The number of hydrogen-bond donors (Lipinski definition) is 1. The minimum Gasteiger partial charge on any atom is -0.381 e. The highest BCUT2D eigenvalue weighted by atomic mass is 79.9. The molecule has 1 aliphatic heterocycles. The molecule has 7 heteroatoms. The zero-order valence-electron chi connectivity index (χ0n) is 14.4. The predicted molar refractivity (Wildman–Crippen MR) is 102 cm³/mol. The third kappa shape index (κ3) is 3.29. The van der Waals surface area contributed by atoms with Crippen LogP contribution in [0.1, 0.15) is 38.4 Å². The summed E-state index contributed by atoms with van der Waals surface area (Å²) in [4.78, 5) is 4.88. The molecule has 0 saturated carbocycles. The van der Waals surface area contributed by atoms with Gasteiger partial charge in [0.15, 0.2) is 5.52 Å². The summed E-state index contributed by atoms with van der Waals surface area (Å²) < 4.78 is 11.2. The highest BCUT2D eigenvalue weighted by Crippen LogP contribution is 2.34. The van der Waals surface area contributed by atoms with E-state index in [-0.39, 0.29) is 0 Å². The average Bonchev–Trinajstić information content (AvgIpc) is 3.15. The minimum absolute atomic E-state index is 0.631. The molecule has 5 nitrogen and oxygen atoms in total. The zero-order valence-corrected chi connectivity index (χ0v) is 16.8. The number of hydrogen-bond acceptors (Lipinski definition) is 4. The molecule has 4 rings (SSSR count). The molecule has 3 aromatic rings. The van der Waals surface area contributed by atoms with Crippen LogP contribution in [0.25, 0.3) is 21.3 Å². The monoisotopic (exact) mass is 424 g/mol. The van der Waals surface area contributed by atoms with Gasteiger partial charge in [-0.15, -0.1) is 11.3 Å². The van der Waals surface area contributed by atoms with E-state index in [0.717, 1.165) is 82.7 Å². The van der Waals surface area contributed by atoms with Crippen molar-refractivity contribution >= 4 is 48.5 Å². The molecule has 0 spiro atoms. The van der Waals surface area contributed by atoms with E-state index in [9.17, 15) is 5.21 Å². The zero-order chi connectivity index (χ0) is 17.4. The number of nitrogens with zero attached hydrogens (tertiary/aromatic N) is 3. The molecule has 1 N–H and O–H groups in total. The van der Waals surface area contributed by atoms with E-state index in [1.54, 1.807) is 17.5 Å². The number of aromatic nitrogens is 3. The molecule has 25 heavy (non-hydrogen) atoms. The van der Waals surface area contributed by atoms with Crippen molar-refractivity contribution in [2.24, 2.45) is 5.92 Å². The number of pyridine rings is 1. The number of ether oxygens (including phenoxy) is 1. The molecule has 1 aliphatic rings. The fourth-order valence-corrected chi connectivity index (χ4v) is 5.27. The molecule has 1 fully saturated rings. The topological polar surface area (TPSA) is 51.2 Å². The van der Waals surface area contributed by atoms with Crippen molar-refractivity contribution in [2.45, 2.75) is 45.6 Å². The molecule has 0 radical (unpaired) electrons. The SMILES string of the molecule is CCCCc1nc2c[n+](O)c3cc(Br)sc3c2n1CC1CCOCC1. The minimum atomic E-state index is 0.631. The molecule has 0 atom stereocenters. The molecule has 0 aliphatic carbocycles. The Bertz CT molecular complexity index is 899. The van der Waals surface area contributed by atoms with Gasteiger partial charge < -0.3 is 9.30 Å². The van der Waals surface area contributed by atoms with Gasteiger partial charge in [-0.3, -0.25) is 5.21 Å². The number of aryl methyl sites for hydroxylation is 1. The number of fused-ring (bicyclic) bond motifs is 3. The van der Waals surface area contributed by atoms with Crippen LogP contribution in [0, 0.1) is 5.92 Å². The summed E-state index contributed by atoms with van der Waals surface area (Å²) in [7, 11) is 0. The van der Waals surface area contributed by atoms with Crippen LogP contribution in [0.4, 0.5) is 0 Å². The van der Waals surface area contributed by atoms with Gasteiger partial charge in [0.05, 0.1) is 9.30 Å². The Labute approximate surface area is 159 Å². The van der Waals surface area contributed by atoms with Crippen LogP contribution in [-0.2, 0) is 17.7 Å². The highest BCUT2D eigenvalue weighted by Gasteiger charge is 2.25. The Balaban J connectivity index is 1.87. The summed E-state index contributed by atoms with van der Waals surface area (Å²) >= 11 is 5.22. The first-order valence-electron chi connectivity index (χ1n) is 8.97. The number of rotatable bonds is 5. The lowest BCUT2D eigenvalue weighted by Gasteiger charge is -2.23. The van der Waals surface area contributed by atoms with Crippen molar-refractivity contribution < 1.29 is 14.7 Å². The van der Waals surface area contributed by atoms with Crippen LogP contribution in [0.3, 0.4) is 0 Å². The molecular weight excluding hydrogens is 402 g/mol. The van der Waals surface area contributed by atoms with Crippen LogP contribution >= 0.6 is 27.3 Å². The molecule has 0 amide bonds. The molecular formula is C18H23BrN3O2S+. The summed E-state index contributed by atoms with van der Waals surface area (Å²) in [6, 6.07) is 1.97. The summed E-state index contributed by atoms with van der Waals surface area (Å²) in [6.45, 7) is 4.91. The molecule has 4 heterocycles. The standard InChI is InChI=1S/C18H23BrN3O2S/c1-2-3-4-16-20-13-11-22(23)14-9-15(19)25-18(14)17(13)21(16)10-12-5-7-24-8-6-12/h9,11-12,23H,2-8,10H2,1H3/q+1. The van der Waals surface area contributed by atoms with E-state index in [1.807, 2.05) is 6.07 Å². The second-order valence-corrected chi connectivity index (χ2v) is 9.20. The number of halogens is 1. The van der Waals surface area contributed by atoms with Crippen molar-refractivity contribution in [1.29, 1.82) is 0 Å². The number of imidazole rings is 1. The van der Waals surface area contributed by atoms with E-state index < -0.39 is 0 Å². The fraction of sp³-hybridized carbons (Fsp3) is 0.556. The Hall–Kier alpha value is -1.18. The Morgan fingerprint density at radius 2 is 2.24 bits per heavy atom. The van der Waals surface area contributed by atoms with Gasteiger partial charge in [-0.25, -0.2) is 4.98 Å². The summed E-state index contributed by atoms with van der Waals surface area (Å²) in [5.41, 5.74) is 2.87. The van der Waals surface area contributed by atoms with Gasteiger partial charge in [-0.2, -0.15) is 0 Å². The van der Waals surface area contributed by atoms with Crippen molar-refractivity contribution in [1.82, 2.24) is 9.55 Å². The first-order valence-corrected chi connectivity index (χ1v) is 10.6. The van der Waals surface area contributed by atoms with Gasteiger partial charge in [-0.1, -0.05) is 13.3 Å². The maximum absolute atomic E-state index is 10.3. The number of unbranched alkanes of at least 4 members (excludes halogenated alkanes) is 1. The van der Waals surface area contributed by atoms with Crippen molar-refractivity contribution in [3.8, 4) is 0 Å². The van der Waals surface area contributed by atoms with Gasteiger partial charge in [0, 0.05) is 37.0 Å². The average molecular weight is 425 g/mol. The Morgan fingerprint density at radius 1 is 1.44 bits per heavy atom. The summed E-state index contributed by atoms with van der Waals surface area (Å²) in [5.74, 6) is 1.77. The lowest BCUT2D eigenvalue weighted by Crippen LogP contribution is -2.29. The van der Waals surface area contributed by atoms with Gasteiger partial charge in [0.25, 0.3) is 11.7 Å².